The van der Waals surface area contributed by atoms with Gasteiger partial charge < -0.3 is 18.4 Å². The van der Waals surface area contributed by atoms with Crippen LogP contribution in [0.2, 0.25) is 51.4 Å². The van der Waals surface area contributed by atoms with Crippen LogP contribution in [-0.4, -0.2) is 47.6 Å². The molecular weight excluding hydrogens is 364 g/mol. The van der Waals surface area contributed by atoms with E-state index in [1.807, 2.05) is 13.8 Å². The molecule has 2 N–H and O–H groups in total. The Hall–Kier alpha value is 0.491. The summed E-state index contributed by atoms with van der Waals surface area (Å²) < 4.78 is 13.2. The van der Waals surface area contributed by atoms with Gasteiger partial charge in [-0.25, -0.2) is 0 Å². The van der Waals surface area contributed by atoms with Gasteiger partial charge in [0.05, 0.1) is 12.2 Å². The molecule has 0 amide bonds. The number of unbranched alkanes of at least 4 members (excludes halogenated alkanes) is 2. The number of rotatable bonds is 14. The molecule has 0 aromatic heterocycles. The largest absolute Gasteiger partial charge is 0.437 e. The van der Waals surface area contributed by atoms with E-state index in [9.17, 15) is 10.2 Å². The van der Waals surface area contributed by atoms with E-state index in [1.54, 1.807) is 0 Å². The maximum atomic E-state index is 9.37. The molecule has 4 nitrogen and oxygen atoms in total. The van der Waals surface area contributed by atoms with Crippen LogP contribution in [0.25, 0.3) is 0 Å². The maximum absolute atomic E-state index is 9.37. The lowest BCUT2D eigenvalue weighted by molar-refractivity contribution is 0.180. The van der Waals surface area contributed by atoms with Gasteiger partial charge in [0.1, 0.15) is 0 Å². The van der Waals surface area contributed by atoms with Crippen molar-refractivity contribution in [2.45, 2.75) is 116 Å². The fraction of sp³-hybridized carbons (Fsp3) is 1.00. The van der Waals surface area contributed by atoms with E-state index in [-0.39, 0.29) is 12.2 Å². The van der Waals surface area contributed by atoms with Gasteiger partial charge in [0, 0.05) is 0 Å². The predicted octanol–water partition coefficient (Wildman–Crippen LogP) is 5.23. The van der Waals surface area contributed by atoms with Gasteiger partial charge in [0.15, 0.2) is 16.6 Å². The van der Waals surface area contributed by atoms with Crippen molar-refractivity contribution in [1.82, 2.24) is 0 Å². The number of aliphatic hydroxyl groups is 2. The summed E-state index contributed by atoms with van der Waals surface area (Å²) in [6, 6.07) is 2.27. The van der Waals surface area contributed by atoms with Crippen LogP contribution in [0.4, 0.5) is 0 Å². The van der Waals surface area contributed by atoms with Gasteiger partial charge >= 0.3 is 8.56 Å². The summed E-state index contributed by atoms with van der Waals surface area (Å²) in [5.41, 5.74) is 0. The Morgan fingerprint density at radius 1 is 0.640 bits per heavy atom. The normalized spacial score (nSPS) is 16.1. The van der Waals surface area contributed by atoms with Crippen LogP contribution >= 0.6 is 0 Å². The Labute approximate surface area is 159 Å². The Balaban J connectivity index is 4.33. The average molecular weight is 409 g/mol. The molecule has 0 radical (unpaired) electrons. The van der Waals surface area contributed by atoms with Crippen LogP contribution in [0.1, 0.15) is 52.4 Å². The summed E-state index contributed by atoms with van der Waals surface area (Å²) in [4.78, 5) is 0. The molecule has 0 fully saturated rings. The standard InChI is InChI=1S/C18H44O4Si3/c1-17(19)13-9-11-15-23(3,4)21-25(7,8)22-24(5,6)16-12-10-14-18(2)20/h17-20H,9-16H2,1-8H3. The first-order valence-corrected chi connectivity index (χ1v) is 19.1. The lowest BCUT2D eigenvalue weighted by Crippen LogP contribution is -2.52. The van der Waals surface area contributed by atoms with Crippen molar-refractivity contribution in [1.29, 1.82) is 0 Å². The van der Waals surface area contributed by atoms with Crippen LogP contribution in [0.5, 0.6) is 0 Å². The quantitative estimate of drug-likeness (QED) is 0.305. The monoisotopic (exact) mass is 408 g/mol. The Bertz CT molecular complexity index is 326. The van der Waals surface area contributed by atoms with Gasteiger partial charge in [-0.15, -0.1) is 0 Å². The molecule has 2 unspecified atom stereocenters. The molecule has 0 aliphatic rings. The van der Waals surface area contributed by atoms with Gasteiger partial charge in [-0.05, 0) is 78.1 Å². The van der Waals surface area contributed by atoms with Crippen molar-refractivity contribution in [3.63, 3.8) is 0 Å². The van der Waals surface area contributed by atoms with E-state index >= 15 is 0 Å². The summed E-state index contributed by atoms with van der Waals surface area (Å²) >= 11 is 0. The molecule has 0 spiro atoms. The van der Waals surface area contributed by atoms with E-state index in [1.165, 1.54) is 0 Å². The third-order valence-corrected chi connectivity index (χ3v) is 15.8. The molecule has 7 heteroatoms. The molecule has 0 heterocycles. The second-order valence-corrected chi connectivity index (χ2v) is 21.8. The Morgan fingerprint density at radius 2 is 0.960 bits per heavy atom. The number of aliphatic hydroxyl groups excluding tert-OH is 2. The molecule has 0 saturated heterocycles. The molecule has 0 saturated carbocycles. The van der Waals surface area contributed by atoms with Crippen LogP contribution < -0.4 is 0 Å². The van der Waals surface area contributed by atoms with E-state index in [0.29, 0.717) is 0 Å². The van der Waals surface area contributed by atoms with Crippen molar-refractivity contribution in [3.8, 4) is 0 Å². The van der Waals surface area contributed by atoms with Crippen LogP contribution in [0, 0.1) is 0 Å². The molecule has 0 aliphatic heterocycles. The zero-order chi connectivity index (χ0) is 19.7. The first kappa shape index (κ1) is 25.5. The van der Waals surface area contributed by atoms with E-state index in [2.05, 4.69) is 39.3 Å². The minimum absolute atomic E-state index is 0.194. The summed E-state index contributed by atoms with van der Waals surface area (Å²) in [7, 11) is -5.55. The molecule has 0 aliphatic carbocycles. The summed E-state index contributed by atoms with van der Waals surface area (Å²) in [5.74, 6) is 0. The SMILES string of the molecule is CC(O)CCCC[Si](C)(C)O[Si](C)(C)O[Si](C)(C)CCCCC(C)O. The fourth-order valence-electron chi connectivity index (χ4n) is 3.43. The molecule has 0 rings (SSSR count). The van der Waals surface area contributed by atoms with Crippen molar-refractivity contribution < 1.29 is 18.4 Å². The van der Waals surface area contributed by atoms with Gasteiger partial charge in [0.25, 0.3) is 0 Å². The molecule has 0 bridgehead atoms. The highest BCUT2D eigenvalue weighted by molar-refractivity contribution is 6.87. The van der Waals surface area contributed by atoms with Crippen molar-refractivity contribution >= 4 is 25.2 Å². The van der Waals surface area contributed by atoms with Crippen molar-refractivity contribution in [3.05, 3.63) is 0 Å². The highest BCUT2D eigenvalue weighted by Crippen LogP contribution is 2.27. The first-order valence-electron chi connectivity index (χ1n) is 10.0. The van der Waals surface area contributed by atoms with Gasteiger partial charge in [-0.2, -0.15) is 0 Å². The van der Waals surface area contributed by atoms with Crippen LogP contribution in [0.3, 0.4) is 0 Å². The lowest BCUT2D eigenvalue weighted by Gasteiger charge is -2.39. The highest BCUT2D eigenvalue weighted by atomic mass is 28.5. The predicted molar refractivity (Wildman–Crippen MR) is 115 cm³/mol. The Kier molecular flexibility index (Phi) is 11.6. The first-order chi connectivity index (χ1) is 11.2. The van der Waals surface area contributed by atoms with Crippen molar-refractivity contribution in [2.24, 2.45) is 0 Å². The van der Waals surface area contributed by atoms with Gasteiger partial charge in [0.2, 0.25) is 0 Å². The molecular formula is C18H44O4Si3. The van der Waals surface area contributed by atoms with Gasteiger partial charge in [-0.3, -0.25) is 0 Å². The minimum atomic E-state index is -2.11. The zero-order valence-electron chi connectivity index (χ0n) is 18.0. The molecule has 152 valence electrons. The summed E-state index contributed by atoms with van der Waals surface area (Å²) in [6.07, 6.45) is 5.79. The number of hydrogen-bond donors (Lipinski definition) is 2. The van der Waals surface area contributed by atoms with E-state index < -0.39 is 25.2 Å². The fourth-order valence-corrected chi connectivity index (χ4v) is 17.6. The summed E-state index contributed by atoms with van der Waals surface area (Å²) in [5, 5.41) is 18.7. The van der Waals surface area contributed by atoms with E-state index in [4.69, 9.17) is 8.23 Å². The topological polar surface area (TPSA) is 58.9 Å². The highest BCUT2D eigenvalue weighted by Gasteiger charge is 2.39. The zero-order valence-corrected chi connectivity index (χ0v) is 21.0. The number of hydrogen-bond acceptors (Lipinski definition) is 4. The third kappa shape index (κ3) is 15.3. The van der Waals surface area contributed by atoms with Crippen LogP contribution in [0.15, 0.2) is 0 Å². The average Bonchev–Trinajstić information content (AvgIpc) is 2.36. The molecule has 0 aromatic carbocycles. The van der Waals surface area contributed by atoms with Crippen LogP contribution in [-0.2, 0) is 8.23 Å². The second kappa shape index (κ2) is 11.4. The molecule has 2 atom stereocenters. The van der Waals surface area contributed by atoms with Gasteiger partial charge in [-0.1, -0.05) is 25.7 Å². The summed E-state index contributed by atoms with van der Waals surface area (Å²) in [6.45, 7) is 17.3. The second-order valence-electron chi connectivity index (χ2n) is 9.31. The maximum Gasteiger partial charge on any atom is 0.311 e. The van der Waals surface area contributed by atoms with Crippen molar-refractivity contribution in [2.75, 3.05) is 0 Å². The molecule has 0 aromatic rings. The third-order valence-electron chi connectivity index (χ3n) is 4.35. The molecule has 25 heavy (non-hydrogen) atoms. The lowest BCUT2D eigenvalue weighted by atomic mass is 10.2. The minimum Gasteiger partial charge on any atom is -0.437 e. The van der Waals surface area contributed by atoms with E-state index in [0.717, 1.165) is 50.6 Å². The Morgan fingerprint density at radius 3 is 1.24 bits per heavy atom. The smallest absolute Gasteiger partial charge is 0.311 e.